The molecule has 0 unspecified atom stereocenters. The number of imidazole rings is 1. The normalized spacial score (nSPS) is 10.6. The highest BCUT2D eigenvalue weighted by atomic mass is 16.6. The minimum atomic E-state index is -0.625. The Hall–Kier alpha value is -3.96. The number of nitro groups is 1. The SMILES string of the molecule is COc1cc(/C=N\NC(=O)Cn2c([N+](=O)[O-])cnc2C)cc(OC)c1OC(C)=O. The fourth-order valence-corrected chi connectivity index (χ4v) is 2.37. The lowest BCUT2D eigenvalue weighted by molar-refractivity contribution is -0.392. The molecule has 0 saturated carbocycles. The molecule has 154 valence electrons. The zero-order valence-corrected chi connectivity index (χ0v) is 16.2. The predicted octanol–water partition coefficient (Wildman–Crippen LogP) is 1.19. The summed E-state index contributed by atoms with van der Waals surface area (Å²) < 4.78 is 16.6. The lowest BCUT2D eigenvalue weighted by Crippen LogP contribution is -2.24. The van der Waals surface area contributed by atoms with E-state index in [1.807, 2.05) is 0 Å². The van der Waals surface area contributed by atoms with Gasteiger partial charge in [0.2, 0.25) is 5.75 Å². The number of benzene rings is 1. The predicted molar refractivity (Wildman–Crippen MR) is 100 cm³/mol. The molecular weight excluding hydrogens is 386 g/mol. The number of ether oxygens (including phenoxy) is 3. The highest BCUT2D eigenvalue weighted by Crippen LogP contribution is 2.38. The minimum Gasteiger partial charge on any atom is -0.493 e. The van der Waals surface area contributed by atoms with Crippen molar-refractivity contribution in [2.24, 2.45) is 5.10 Å². The fraction of sp³-hybridized carbons (Fsp3) is 0.294. The van der Waals surface area contributed by atoms with Crippen LogP contribution in [-0.4, -0.2) is 46.8 Å². The van der Waals surface area contributed by atoms with E-state index in [4.69, 9.17) is 14.2 Å². The van der Waals surface area contributed by atoms with Gasteiger partial charge in [0, 0.05) is 19.4 Å². The molecule has 2 aromatic rings. The molecule has 0 atom stereocenters. The summed E-state index contributed by atoms with van der Waals surface area (Å²) in [5, 5.41) is 14.8. The molecule has 0 radical (unpaired) electrons. The van der Waals surface area contributed by atoms with E-state index < -0.39 is 16.8 Å². The number of rotatable bonds is 8. The Kier molecular flexibility index (Phi) is 6.85. The Labute approximate surface area is 165 Å². The number of hydrazone groups is 1. The third kappa shape index (κ3) is 5.28. The Morgan fingerprint density at radius 1 is 1.31 bits per heavy atom. The van der Waals surface area contributed by atoms with E-state index in [1.165, 1.54) is 39.5 Å². The van der Waals surface area contributed by atoms with Crippen molar-refractivity contribution in [3.63, 3.8) is 0 Å². The van der Waals surface area contributed by atoms with Gasteiger partial charge in [0.1, 0.15) is 6.20 Å². The number of aryl methyl sites for hydroxylation is 1. The molecule has 0 aliphatic carbocycles. The molecule has 1 aromatic carbocycles. The summed E-state index contributed by atoms with van der Waals surface area (Å²) in [6.45, 7) is 2.47. The summed E-state index contributed by atoms with van der Waals surface area (Å²) >= 11 is 0. The highest BCUT2D eigenvalue weighted by Gasteiger charge is 2.20. The summed E-state index contributed by atoms with van der Waals surface area (Å²) in [6, 6.07) is 3.06. The molecule has 1 heterocycles. The van der Waals surface area contributed by atoms with E-state index in [0.717, 1.165) is 10.8 Å². The molecule has 0 aliphatic rings. The lowest BCUT2D eigenvalue weighted by Gasteiger charge is -2.13. The number of carbonyl (C=O) groups excluding carboxylic acids is 2. The number of amides is 1. The topological polar surface area (TPSA) is 147 Å². The number of aromatic nitrogens is 2. The number of methoxy groups -OCH3 is 2. The Morgan fingerprint density at radius 2 is 1.93 bits per heavy atom. The van der Waals surface area contributed by atoms with Gasteiger partial charge < -0.3 is 24.3 Å². The first-order valence-corrected chi connectivity index (χ1v) is 8.19. The maximum Gasteiger partial charge on any atom is 0.343 e. The number of esters is 1. The fourth-order valence-electron chi connectivity index (χ4n) is 2.37. The second kappa shape index (κ2) is 9.30. The van der Waals surface area contributed by atoms with E-state index in [1.54, 1.807) is 6.92 Å². The van der Waals surface area contributed by atoms with E-state index in [2.05, 4.69) is 15.5 Å². The van der Waals surface area contributed by atoms with Crippen LogP contribution in [-0.2, 0) is 16.1 Å². The Morgan fingerprint density at radius 3 is 2.45 bits per heavy atom. The van der Waals surface area contributed by atoms with E-state index in [9.17, 15) is 19.7 Å². The van der Waals surface area contributed by atoms with Crippen molar-refractivity contribution in [1.29, 1.82) is 0 Å². The molecule has 1 aromatic heterocycles. The molecule has 0 spiro atoms. The van der Waals surface area contributed by atoms with Crippen molar-refractivity contribution in [1.82, 2.24) is 15.0 Å². The molecule has 1 amide bonds. The molecule has 12 nitrogen and oxygen atoms in total. The smallest absolute Gasteiger partial charge is 0.343 e. The third-order valence-corrected chi connectivity index (χ3v) is 3.65. The van der Waals surface area contributed by atoms with Gasteiger partial charge in [0.05, 0.1) is 20.4 Å². The summed E-state index contributed by atoms with van der Waals surface area (Å²) in [7, 11) is 2.79. The van der Waals surface area contributed by atoms with E-state index in [0.29, 0.717) is 11.4 Å². The number of carbonyl (C=O) groups is 2. The summed E-state index contributed by atoms with van der Waals surface area (Å²) in [4.78, 5) is 37.5. The molecule has 12 heteroatoms. The first-order valence-electron chi connectivity index (χ1n) is 8.19. The zero-order valence-electron chi connectivity index (χ0n) is 16.2. The van der Waals surface area contributed by atoms with Gasteiger partial charge in [-0.3, -0.25) is 9.59 Å². The molecule has 2 rings (SSSR count). The monoisotopic (exact) mass is 405 g/mol. The van der Waals surface area contributed by atoms with Crippen molar-refractivity contribution in [2.75, 3.05) is 14.2 Å². The van der Waals surface area contributed by atoms with Gasteiger partial charge in [-0.2, -0.15) is 5.10 Å². The summed E-state index contributed by atoms with van der Waals surface area (Å²) in [5.74, 6) is -0.510. The van der Waals surface area contributed by atoms with Crippen LogP contribution in [0.1, 0.15) is 18.3 Å². The summed E-state index contributed by atoms with van der Waals surface area (Å²) in [5.41, 5.74) is 2.76. The Balaban J connectivity index is 2.14. The number of hydrogen-bond acceptors (Lipinski definition) is 9. The van der Waals surface area contributed by atoms with Gasteiger partial charge in [-0.15, -0.1) is 0 Å². The van der Waals surface area contributed by atoms with Crippen LogP contribution in [0.3, 0.4) is 0 Å². The van der Waals surface area contributed by atoms with Gasteiger partial charge in [-0.05, 0) is 17.1 Å². The van der Waals surface area contributed by atoms with Crippen molar-refractivity contribution >= 4 is 23.9 Å². The first kappa shape index (κ1) is 21.3. The average molecular weight is 405 g/mol. The molecular formula is C17H19N5O7. The average Bonchev–Trinajstić information content (AvgIpc) is 3.02. The maximum atomic E-state index is 12.0. The first-order chi connectivity index (χ1) is 13.8. The number of nitrogens with one attached hydrogen (secondary N) is 1. The summed E-state index contributed by atoms with van der Waals surface area (Å²) in [6.07, 6.45) is 2.39. The molecule has 0 aliphatic heterocycles. The van der Waals surface area contributed by atoms with Crippen LogP contribution in [0.5, 0.6) is 17.2 Å². The maximum absolute atomic E-state index is 12.0. The van der Waals surface area contributed by atoms with Crippen LogP contribution in [0.15, 0.2) is 23.4 Å². The van der Waals surface area contributed by atoms with Gasteiger partial charge in [0.25, 0.3) is 5.91 Å². The third-order valence-electron chi connectivity index (χ3n) is 3.65. The molecule has 0 bridgehead atoms. The number of nitrogens with zero attached hydrogens (tertiary/aromatic N) is 4. The van der Waals surface area contributed by atoms with Crippen LogP contribution in [0.2, 0.25) is 0 Å². The van der Waals surface area contributed by atoms with Crippen molar-refractivity contribution < 1.29 is 28.7 Å². The van der Waals surface area contributed by atoms with Crippen LogP contribution >= 0.6 is 0 Å². The van der Waals surface area contributed by atoms with Crippen molar-refractivity contribution in [3.05, 3.63) is 39.8 Å². The van der Waals surface area contributed by atoms with Gasteiger partial charge in [-0.25, -0.2) is 15.0 Å². The zero-order chi connectivity index (χ0) is 21.6. The van der Waals surface area contributed by atoms with Gasteiger partial charge in [-0.1, -0.05) is 0 Å². The Bertz CT molecular complexity index is 942. The molecule has 0 fully saturated rings. The molecule has 0 saturated heterocycles. The van der Waals surface area contributed by atoms with Crippen molar-refractivity contribution in [2.45, 2.75) is 20.4 Å². The van der Waals surface area contributed by atoms with Crippen LogP contribution < -0.4 is 19.6 Å². The van der Waals surface area contributed by atoms with Crippen LogP contribution in [0, 0.1) is 17.0 Å². The lowest BCUT2D eigenvalue weighted by atomic mass is 10.2. The second-order valence-corrected chi connectivity index (χ2v) is 5.65. The van der Waals surface area contributed by atoms with E-state index in [-0.39, 0.29) is 29.6 Å². The highest BCUT2D eigenvalue weighted by molar-refractivity contribution is 5.85. The second-order valence-electron chi connectivity index (χ2n) is 5.65. The van der Waals surface area contributed by atoms with E-state index >= 15 is 0 Å². The number of hydrogen-bond donors (Lipinski definition) is 1. The minimum absolute atomic E-state index is 0.117. The molecule has 1 N–H and O–H groups in total. The largest absolute Gasteiger partial charge is 0.493 e. The van der Waals surface area contributed by atoms with Gasteiger partial charge in [0.15, 0.2) is 23.9 Å². The van der Waals surface area contributed by atoms with Gasteiger partial charge >= 0.3 is 11.8 Å². The quantitative estimate of drug-likeness (QED) is 0.226. The van der Waals surface area contributed by atoms with Crippen LogP contribution in [0.4, 0.5) is 5.82 Å². The standard InChI is InChI=1S/C17H19N5O7/c1-10-18-8-16(22(25)26)21(10)9-15(24)20-19-7-12-5-13(27-3)17(29-11(2)23)14(6-12)28-4/h5-8H,9H2,1-4H3,(H,20,24)/b19-7-. The molecule has 29 heavy (non-hydrogen) atoms. The van der Waals surface area contributed by atoms with Crippen LogP contribution in [0.25, 0.3) is 0 Å². The van der Waals surface area contributed by atoms with Crippen molar-refractivity contribution in [3.8, 4) is 17.2 Å².